The summed E-state index contributed by atoms with van der Waals surface area (Å²) in [7, 11) is 1.65. The molecule has 0 spiro atoms. The highest BCUT2D eigenvalue weighted by atomic mass is 35.5. The lowest BCUT2D eigenvalue weighted by Gasteiger charge is -2.15. The smallest absolute Gasteiger partial charge is 0.226 e. The second kappa shape index (κ2) is 5.34. The lowest BCUT2D eigenvalue weighted by molar-refractivity contribution is -0.0459. The molecule has 0 bridgehead atoms. The third-order valence-corrected chi connectivity index (χ3v) is 3.55. The summed E-state index contributed by atoms with van der Waals surface area (Å²) < 4.78 is 20.8. The normalized spacial score (nSPS) is 29.2. The molecule has 3 rings (SSSR count). The van der Waals surface area contributed by atoms with Gasteiger partial charge in [-0.05, 0) is 11.6 Å². The Morgan fingerprint density at radius 3 is 2.90 bits per heavy atom. The number of nitrogens with one attached hydrogen (secondary N) is 1. The number of rotatable bonds is 3. The molecule has 1 aliphatic rings. The Morgan fingerprint density at radius 1 is 1.52 bits per heavy atom. The summed E-state index contributed by atoms with van der Waals surface area (Å²) in [6.07, 6.45) is -3.94. The number of anilines is 1. The number of imidazole rings is 1. The van der Waals surface area contributed by atoms with E-state index in [4.69, 9.17) is 21.4 Å². The van der Waals surface area contributed by atoms with Crippen LogP contribution >= 0.6 is 11.6 Å². The molecule has 3 N–H and O–H groups in total. The van der Waals surface area contributed by atoms with Crippen LogP contribution in [0.25, 0.3) is 11.2 Å². The number of halogens is 2. The minimum Gasteiger partial charge on any atom is -0.394 e. The van der Waals surface area contributed by atoms with Gasteiger partial charge >= 0.3 is 0 Å². The number of aliphatic hydroxyl groups is 2. The molecule has 3 heterocycles. The third-order valence-electron chi connectivity index (χ3n) is 3.38. The van der Waals surface area contributed by atoms with Gasteiger partial charge in [-0.3, -0.25) is 4.57 Å². The largest absolute Gasteiger partial charge is 0.394 e. The molecule has 1 aliphatic heterocycles. The van der Waals surface area contributed by atoms with E-state index >= 15 is 0 Å². The van der Waals surface area contributed by atoms with Crippen LogP contribution in [-0.2, 0) is 4.74 Å². The van der Waals surface area contributed by atoms with Gasteiger partial charge in [-0.25, -0.2) is 9.37 Å². The highest BCUT2D eigenvalue weighted by Crippen LogP contribution is 2.34. The van der Waals surface area contributed by atoms with Gasteiger partial charge in [0.05, 0.1) is 12.9 Å². The van der Waals surface area contributed by atoms with Gasteiger partial charge in [-0.15, -0.1) is 0 Å². The number of aromatic nitrogens is 4. The van der Waals surface area contributed by atoms with Gasteiger partial charge in [0, 0.05) is 7.05 Å². The molecule has 0 amide bonds. The van der Waals surface area contributed by atoms with Gasteiger partial charge in [-0.1, -0.05) is 0 Å². The fourth-order valence-corrected chi connectivity index (χ4v) is 2.49. The Bertz CT molecular complexity index is 669. The van der Waals surface area contributed by atoms with Crippen molar-refractivity contribution in [3.63, 3.8) is 0 Å². The number of ether oxygens (including phenoxy) is 1. The molecule has 2 aromatic heterocycles. The average Bonchev–Trinajstić information content (AvgIpc) is 3.01. The fraction of sp³-hybridized carbons (Fsp3) is 0.545. The van der Waals surface area contributed by atoms with Crippen molar-refractivity contribution in [3.05, 3.63) is 11.6 Å². The van der Waals surface area contributed by atoms with Gasteiger partial charge in [0.15, 0.2) is 29.4 Å². The molecule has 0 saturated carbocycles. The quantitative estimate of drug-likeness (QED) is 0.690. The van der Waals surface area contributed by atoms with Crippen LogP contribution < -0.4 is 5.32 Å². The average molecular weight is 318 g/mol. The van der Waals surface area contributed by atoms with Crippen LogP contribution in [0.15, 0.2) is 6.33 Å². The molecule has 2 aromatic rings. The second-order valence-corrected chi connectivity index (χ2v) is 4.94. The Balaban J connectivity index is 2.07. The van der Waals surface area contributed by atoms with E-state index in [-0.39, 0.29) is 10.9 Å². The Labute approximate surface area is 123 Å². The van der Waals surface area contributed by atoms with Crippen molar-refractivity contribution in [1.82, 2.24) is 19.5 Å². The summed E-state index contributed by atoms with van der Waals surface area (Å²) >= 11 is 5.83. The van der Waals surface area contributed by atoms with Crippen molar-refractivity contribution in [1.29, 1.82) is 0 Å². The first-order valence-corrected chi connectivity index (χ1v) is 6.61. The molecule has 0 aliphatic carbocycles. The molecule has 0 radical (unpaired) electrons. The Morgan fingerprint density at radius 2 is 2.29 bits per heavy atom. The van der Waals surface area contributed by atoms with Crippen molar-refractivity contribution in [2.75, 3.05) is 19.0 Å². The van der Waals surface area contributed by atoms with Crippen LogP contribution in [0.3, 0.4) is 0 Å². The minimum atomic E-state index is -1.72. The van der Waals surface area contributed by atoms with Crippen LogP contribution in [0.2, 0.25) is 5.28 Å². The number of nitrogens with zero attached hydrogens (tertiary/aromatic N) is 4. The van der Waals surface area contributed by atoms with E-state index in [0.717, 1.165) is 0 Å². The molecule has 21 heavy (non-hydrogen) atoms. The van der Waals surface area contributed by atoms with E-state index in [2.05, 4.69) is 20.3 Å². The second-order valence-electron chi connectivity index (χ2n) is 4.60. The summed E-state index contributed by atoms with van der Waals surface area (Å²) in [5.74, 6) is 0.399. The van der Waals surface area contributed by atoms with Crippen LogP contribution in [0.1, 0.15) is 6.23 Å². The monoisotopic (exact) mass is 317 g/mol. The Hall–Kier alpha value is -1.55. The zero-order valence-electron chi connectivity index (χ0n) is 10.9. The predicted molar refractivity (Wildman–Crippen MR) is 71.8 cm³/mol. The maximum atomic E-state index is 14.2. The summed E-state index contributed by atoms with van der Waals surface area (Å²) in [6.45, 7) is -0.484. The van der Waals surface area contributed by atoms with Gasteiger partial charge in [0.1, 0.15) is 12.2 Å². The van der Waals surface area contributed by atoms with E-state index in [1.807, 2.05) is 0 Å². The van der Waals surface area contributed by atoms with E-state index in [1.165, 1.54) is 10.9 Å². The molecular weight excluding hydrogens is 305 g/mol. The third kappa shape index (κ3) is 2.22. The van der Waals surface area contributed by atoms with Crippen LogP contribution in [-0.4, -0.2) is 61.8 Å². The summed E-state index contributed by atoms with van der Waals surface area (Å²) in [4.78, 5) is 12.1. The number of alkyl halides is 1. The highest BCUT2D eigenvalue weighted by Gasteiger charge is 2.45. The van der Waals surface area contributed by atoms with Crippen molar-refractivity contribution in [3.8, 4) is 0 Å². The number of hydrogen-bond acceptors (Lipinski definition) is 7. The number of hydrogen-bond donors (Lipinski definition) is 3. The van der Waals surface area contributed by atoms with E-state index in [0.29, 0.717) is 11.3 Å². The van der Waals surface area contributed by atoms with Gasteiger partial charge < -0.3 is 20.3 Å². The summed E-state index contributed by atoms with van der Waals surface area (Å²) in [5, 5.41) is 21.6. The molecule has 4 unspecified atom stereocenters. The Kier molecular flexibility index (Phi) is 3.66. The van der Waals surface area contributed by atoms with Crippen molar-refractivity contribution in [2.24, 2.45) is 0 Å². The van der Waals surface area contributed by atoms with Crippen LogP contribution in [0, 0.1) is 0 Å². The zero-order valence-corrected chi connectivity index (χ0v) is 11.7. The molecular formula is C11H13ClFN5O3. The van der Waals surface area contributed by atoms with Gasteiger partial charge in [-0.2, -0.15) is 9.97 Å². The maximum absolute atomic E-state index is 14.2. The van der Waals surface area contributed by atoms with Gasteiger partial charge in [0.25, 0.3) is 0 Å². The lowest BCUT2D eigenvalue weighted by Crippen LogP contribution is -2.30. The zero-order chi connectivity index (χ0) is 15.1. The SMILES string of the molecule is CNc1nc(Cl)nc2c1ncn2C1OC(CO)C(O)C1F. The highest BCUT2D eigenvalue weighted by molar-refractivity contribution is 6.28. The number of fused-ring (bicyclic) bond motifs is 1. The first-order valence-electron chi connectivity index (χ1n) is 6.23. The van der Waals surface area contributed by atoms with E-state index < -0.39 is 31.2 Å². The predicted octanol–water partition coefficient (Wildman–Crippen LogP) is 0.110. The molecule has 0 aromatic carbocycles. The van der Waals surface area contributed by atoms with Gasteiger partial charge in [0.2, 0.25) is 5.28 Å². The minimum absolute atomic E-state index is 0.0266. The van der Waals surface area contributed by atoms with Crippen molar-refractivity contribution < 1.29 is 19.3 Å². The van der Waals surface area contributed by atoms with Crippen LogP contribution in [0.4, 0.5) is 10.2 Å². The number of aliphatic hydroxyl groups excluding tert-OH is 2. The van der Waals surface area contributed by atoms with E-state index in [9.17, 15) is 9.50 Å². The molecule has 8 nitrogen and oxygen atoms in total. The molecule has 1 fully saturated rings. The standard InChI is InChI=1S/C11H13ClFN5O3/c1-14-8-6-9(17-11(12)16-8)18(3-15-6)10-5(13)7(20)4(2-19)21-10/h3-5,7,10,19-20H,2H2,1H3,(H,14,16,17). The maximum Gasteiger partial charge on any atom is 0.226 e. The summed E-state index contributed by atoms with van der Waals surface area (Å²) in [6, 6.07) is 0. The summed E-state index contributed by atoms with van der Waals surface area (Å²) in [5.41, 5.74) is 0.678. The topological polar surface area (TPSA) is 105 Å². The van der Waals surface area contributed by atoms with Crippen molar-refractivity contribution in [2.45, 2.75) is 24.6 Å². The lowest BCUT2D eigenvalue weighted by atomic mass is 10.1. The molecule has 10 heteroatoms. The first-order chi connectivity index (χ1) is 10.1. The fourth-order valence-electron chi connectivity index (χ4n) is 2.33. The first kappa shape index (κ1) is 14.4. The molecule has 1 saturated heterocycles. The van der Waals surface area contributed by atoms with E-state index in [1.54, 1.807) is 7.05 Å². The molecule has 4 atom stereocenters. The molecule has 114 valence electrons. The van der Waals surface area contributed by atoms with Crippen molar-refractivity contribution >= 4 is 28.6 Å². The van der Waals surface area contributed by atoms with Crippen LogP contribution in [0.5, 0.6) is 0 Å².